The molecule has 18 heavy (non-hydrogen) atoms. The van der Waals surface area contributed by atoms with Crippen molar-refractivity contribution in [2.75, 3.05) is 0 Å². The first-order valence-electron chi connectivity index (χ1n) is 6.22. The molecule has 2 aromatic carbocycles. The Morgan fingerprint density at radius 3 is 2.50 bits per heavy atom. The summed E-state index contributed by atoms with van der Waals surface area (Å²) in [4.78, 5) is 0. The summed E-state index contributed by atoms with van der Waals surface area (Å²) >= 11 is 3.72. The minimum atomic E-state index is 1.06. The van der Waals surface area contributed by atoms with E-state index in [1.165, 1.54) is 37.9 Å². The maximum absolute atomic E-state index is 3.72. The zero-order valence-corrected chi connectivity index (χ0v) is 12.2. The molecular weight excluding hydrogens is 284 g/mol. The predicted molar refractivity (Wildman–Crippen MR) is 81.7 cm³/mol. The second kappa shape index (κ2) is 4.40. The molecule has 1 aliphatic rings. The van der Waals surface area contributed by atoms with Gasteiger partial charge in [-0.05, 0) is 65.8 Å². The second-order valence-electron chi connectivity index (χ2n) is 4.90. The lowest BCUT2D eigenvalue weighted by Gasteiger charge is -2.12. The molecule has 0 bridgehead atoms. The third kappa shape index (κ3) is 1.83. The average Bonchev–Trinajstić information content (AvgIpc) is 2.70. The molecule has 1 heteroatoms. The van der Waals surface area contributed by atoms with E-state index in [9.17, 15) is 0 Å². The molecule has 0 heterocycles. The minimum Gasteiger partial charge on any atom is -0.0766 e. The molecule has 0 aliphatic heterocycles. The maximum Gasteiger partial charge on any atom is 0.0257 e. The Kier molecular flexibility index (Phi) is 2.87. The van der Waals surface area contributed by atoms with Crippen molar-refractivity contribution < 1.29 is 0 Å². The highest BCUT2D eigenvalue weighted by Crippen LogP contribution is 2.37. The van der Waals surface area contributed by atoms with Gasteiger partial charge in [-0.15, -0.1) is 0 Å². The first-order valence-corrected chi connectivity index (χ1v) is 7.01. The van der Waals surface area contributed by atoms with E-state index < -0.39 is 0 Å². The summed E-state index contributed by atoms with van der Waals surface area (Å²) < 4.78 is 1.19. The van der Waals surface area contributed by atoms with Gasteiger partial charge in [-0.1, -0.05) is 46.3 Å². The summed E-state index contributed by atoms with van der Waals surface area (Å²) in [5, 5.41) is 0. The van der Waals surface area contributed by atoms with Crippen LogP contribution < -0.4 is 0 Å². The van der Waals surface area contributed by atoms with E-state index in [-0.39, 0.29) is 0 Å². The quantitative estimate of drug-likeness (QED) is 0.663. The lowest BCUT2D eigenvalue weighted by Crippen LogP contribution is -1.90. The van der Waals surface area contributed by atoms with Gasteiger partial charge in [0.05, 0.1) is 0 Å². The van der Waals surface area contributed by atoms with Crippen molar-refractivity contribution in [3.8, 4) is 11.1 Å². The molecule has 0 atom stereocenters. The summed E-state index contributed by atoms with van der Waals surface area (Å²) in [5.41, 5.74) is 8.15. The van der Waals surface area contributed by atoms with E-state index in [1.807, 2.05) is 0 Å². The Labute approximate surface area is 116 Å². The van der Waals surface area contributed by atoms with Crippen LogP contribution in [0.5, 0.6) is 0 Å². The van der Waals surface area contributed by atoms with E-state index in [4.69, 9.17) is 0 Å². The van der Waals surface area contributed by atoms with E-state index in [0.717, 1.165) is 6.42 Å². The largest absolute Gasteiger partial charge is 0.0766 e. The van der Waals surface area contributed by atoms with Crippen molar-refractivity contribution in [1.82, 2.24) is 0 Å². The summed E-state index contributed by atoms with van der Waals surface area (Å²) in [7, 11) is 0. The van der Waals surface area contributed by atoms with Crippen LogP contribution in [0.4, 0.5) is 0 Å². The molecule has 0 nitrogen and oxygen atoms in total. The minimum absolute atomic E-state index is 1.06. The number of halogens is 1. The predicted octanol–water partition coefficient (Wildman–Crippen LogP) is 5.38. The summed E-state index contributed by atoms with van der Waals surface area (Å²) in [5.74, 6) is 0. The van der Waals surface area contributed by atoms with Crippen LogP contribution in [0.15, 0.2) is 46.9 Å². The van der Waals surface area contributed by atoms with Crippen molar-refractivity contribution in [2.45, 2.75) is 20.3 Å². The Morgan fingerprint density at radius 2 is 1.72 bits per heavy atom. The number of rotatable bonds is 1. The van der Waals surface area contributed by atoms with Gasteiger partial charge in [-0.3, -0.25) is 0 Å². The first kappa shape index (κ1) is 11.7. The fraction of sp³-hybridized carbons (Fsp3) is 0.176. The average molecular weight is 299 g/mol. The van der Waals surface area contributed by atoms with Gasteiger partial charge in [0, 0.05) is 4.47 Å². The number of aryl methyl sites for hydroxylation is 1. The molecule has 0 saturated carbocycles. The summed E-state index contributed by atoms with van der Waals surface area (Å²) in [6, 6.07) is 13.1. The highest BCUT2D eigenvalue weighted by atomic mass is 79.9. The molecule has 0 unspecified atom stereocenters. The molecule has 3 rings (SSSR count). The van der Waals surface area contributed by atoms with Gasteiger partial charge in [-0.25, -0.2) is 0 Å². The van der Waals surface area contributed by atoms with Crippen LogP contribution in [0.1, 0.15) is 23.6 Å². The standard InChI is InChI=1S/C17H15Br/c1-11-5-3-4-6-14(11)16-10-15-12(2)7-8-13(15)9-17(16)18/h3-7,9-10H,8H2,1-2H3. The van der Waals surface area contributed by atoms with Gasteiger partial charge in [0.25, 0.3) is 0 Å². The smallest absolute Gasteiger partial charge is 0.0257 e. The molecule has 0 aromatic heterocycles. The molecule has 0 N–H and O–H groups in total. The molecule has 1 aliphatic carbocycles. The third-order valence-electron chi connectivity index (χ3n) is 3.68. The molecule has 0 spiro atoms. The van der Waals surface area contributed by atoms with E-state index >= 15 is 0 Å². The highest BCUT2D eigenvalue weighted by Gasteiger charge is 2.15. The Bertz CT molecular complexity index is 651. The molecule has 0 radical (unpaired) electrons. The van der Waals surface area contributed by atoms with E-state index in [1.54, 1.807) is 0 Å². The molecule has 0 fully saturated rings. The summed E-state index contributed by atoms with van der Waals surface area (Å²) in [6.45, 7) is 4.36. The Morgan fingerprint density at radius 1 is 0.944 bits per heavy atom. The number of hydrogen-bond donors (Lipinski definition) is 0. The monoisotopic (exact) mass is 298 g/mol. The van der Waals surface area contributed by atoms with Gasteiger partial charge in [0.1, 0.15) is 0 Å². The summed E-state index contributed by atoms with van der Waals surface area (Å²) in [6.07, 6.45) is 3.37. The van der Waals surface area contributed by atoms with Crippen molar-refractivity contribution in [1.29, 1.82) is 0 Å². The zero-order valence-electron chi connectivity index (χ0n) is 10.6. The lowest BCUT2D eigenvalue weighted by molar-refractivity contribution is 1.30. The van der Waals surface area contributed by atoms with Crippen LogP contribution in [0, 0.1) is 6.92 Å². The van der Waals surface area contributed by atoms with Gasteiger partial charge >= 0.3 is 0 Å². The highest BCUT2D eigenvalue weighted by molar-refractivity contribution is 9.10. The van der Waals surface area contributed by atoms with E-state index in [0.29, 0.717) is 0 Å². The second-order valence-corrected chi connectivity index (χ2v) is 5.75. The van der Waals surface area contributed by atoms with Crippen LogP contribution in [0.3, 0.4) is 0 Å². The van der Waals surface area contributed by atoms with Crippen molar-refractivity contribution >= 4 is 21.5 Å². The zero-order chi connectivity index (χ0) is 12.7. The molecule has 0 amide bonds. The van der Waals surface area contributed by atoms with Gasteiger partial charge in [-0.2, -0.15) is 0 Å². The van der Waals surface area contributed by atoms with Crippen LogP contribution in [-0.2, 0) is 6.42 Å². The molecule has 2 aromatic rings. The van der Waals surface area contributed by atoms with Crippen LogP contribution in [0.25, 0.3) is 16.7 Å². The fourth-order valence-electron chi connectivity index (χ4n) is 2.60. The molecular formula is C17H15Br. The number of hydrogen-bond acceptors (Lipinski definition) is 0. The molecule has 90 valence electrons. The van der Waals surface area contributed by atoms with Gasteiger partial charge in [0.15, 0.2) is 0 Å². The Balaban J connectivity index is 2.22. The van der Waals surface area contributed by atoms with Crippen molar-refractivity contribution in [2.24, 2.45) is 0 Å². The SMILES string of the molecule is CC1=CCc2cc(Br)c(-c3ccccc3C)cc21. The van der Waals surface area contributed by atoms with Crippen LogP contribution in [0.2, 0.25) is 0 Å². The lowest BCUT2D eigenvalue weighted by atomic mass is 9.96. The first-order chi connectivity index (χ1) is 8.66. The normalized spacial score (nSPS) is 13.4. The maximum atomic E-state index is 3.72. The number of allylic oxidation sites excluding steroid dienone is 2. The Hall–Kier alpha value is -1.34. The number of benzene rings is 2. The third-order valence-corrected chi connectivity index (χ3v) is 4.34. The van der Waals surface area contributed by atoms with Gasteiger partial charge in [0.2, 0.25) is 0 Å². The van der Waals surface area contributed by atoms with Crippen LogP contribution >= 0.6 is 15.9 Å². The van der Waals surface area contributed by atoms with E-state index in [2.05, 4.69) is 72.3 Å². The van der Waals surface area contributed by atoms with Gasteiger partial charge < -0.3 is 0 Å². The number of fused-ring (bicyclic) bond motifs is 1. The van der Waals surface area contributed by atoms with Crippen LogP contribution in [-0.4, -0.2) is 0 Å². The topological polar surface area (TPSA) is 0 Å². The molecule has 0 saturated heterocycles. The van der Waals surface area contributed by atoms with Crippen molar-refractivity contribution in [3.05, 3.63) is 63.6 Å². The fourth-order valence-corrected chi connectivity index (χ4v) is 3.21. The van der Waals surface area contributed by atoms with Crippen molar-refractivity contribution in [3.63, 3.8) is 0 Å².